The normalized spacial score (nSPS) is 28.7. The summed E-state index contributed by atoms with van der Waals surface area (Å²) in [6, 6.07) is 0. The number of allylic oxidation sites excluding steroid dienone is 4. The van der Waals surface area contributed by atoms with Crippen molar-refractivity contribution in [1.29, 1.82) is 0 Å². The Balaban J connectivity index is 2.33. The Labute approximate surface area is 60.7 Å². The Morgan fingerprint density at radius 2 is 2.50 bits per heavy atom. The first-order valence-electron chi connectivity index (χ1n) is 3.61. The van der Waals surface area contributed by atoms with Crippen LogP contribution in [0.5, 0.6) is 0 Å². The van der Waals surface area contributed by atoms with Crippen LogP contribution in [0.1, 0.15) is 13.3 Å². The Morgan fingerprint density at radius 1 is 1.60 bits per heavy atom. The molecule has 0 N–H and O–H groups in total. The highest BCUT2D eigenvalue weighted by Gasteiger charge is 2.17. The third-order valence-corrected chi connectivity index (χ3v) is 1.79. The first-order chi connectivity index (χ1) is 4.86. The fourth-order valence-corrected chi connectivity index (χ4v) is 1.34. The molecule has 1 unspecified atom stereocenters. The van der Waals surface area contributed by atoms with Gasteiger partial charge in [0.2, 0.25) is 0 Å². The van der Waals surface area contributed by atoms with Crippen LogP contribution in [-0.2, 0) is 4.74 Å². The number of hydrogen-bond donors (Lipinski definition) is 0. The van der Waals surface area contributed by atoms with Crippen LogP contribution < -0.4 is 0 Å². The lowest BCUT2D eigenvalue weighted by molar-refractivity contribution is 0.196. The highest BCUT2D eigenvalue weighted by molar-refractivity contribution is 5.39. The van der Waals surface area contributed by atoms with Crippen LogP contribution in [0, 0.1) is 0 Å². The van der Waals surface area contributed by atoms with E-state index in [0.29, 0.717) is 0 Å². The van der Waals surface area contributed by atoms with Crippen LogP contribution in [0.25, 0.3) is 0 Å². The molecule has 0 aromatic rings. The molecule has 0 saturated carbocycles. The predicted octanol–water partition coefficient (Wildman–Crippen LogP) is 2.18. The van der Waals surface area contributed by atoms with Crippen molar-refractivity contribution in [3.8, 4) is 0 Å². The maximum Gasteiger partial charge on any atom is 0.123 e. The summed E-state index contributed by atoms with van der Waals surface area (Å²) in [6.07, 6.45) is 9.72. The van der Waals surface area contributed by atoms with Gasteiger partial charge in [-0.1, -0.05) is 12.2 Å². The number of rotatable bonds is 0. The van der Waals surface area contributed by atoms with E-state index in [1.165, 1.54) is 5.57 Å². The molecule has 0 radical (unpaired) electrons. The molecule has 0 spiro atoms. The topological polar surface area (TPSA) is 9.23 Å². The fourth-order valence-electron chi connectivity index (χ4n) is 1.34. The van der Waals surface area contributed by atoms with E-state index in [-0.39, 0.29) is 6.10 Å². The summed E-state index contributed by atoms with van der Waals surface area (Å²) in [4.78, 5) is 0. The summed E-state index contributed by atoms with van der Waals surface area (Å²) in [5.41, 5.74) is 1.34. The quantitative estimate of drug-likeness (QED) is 0.493. The molecule has 2 aliphatic rings. The van der Waals surface area contributed by atoms with Crippen LogP contribution in [0.4, 0.5) is 0 Å². The van der Waals surface area contributed by atoms with Gasteiger partial charge in [-0.05, 0) is 31.1 Å². The van der Waals surface area contributed by atoms with Gasteiger partial charge in [-0.25, -0.2) is 0 Å². The van der Waals surface area contributed by atoms with E-state index in [9.17, 15) is 0 Å². The first-order valence-corrected chi connectivity index (χ1v) is 3.61. The van der Waals surface area contributed by atoms with Gasteiger partial charge in [0.05, 0.1) is 0 Å². The molecule has 0 saturated heterocycles. The summed E-state index contributed by atoms with van der Waals surface area (Å²) in [5.74, 6) is 1.06. The van der Waals surface area contributed by atoms with Crippen molar-refractivity contribution in [3.63, 3.8) is 0 Å². The summed E-state index contributed by atoms with van der Waals surface area (Å²) in [5, 5.41) is 0. The smallest absolute Gasteiger partial charge is 0.123 e. The lowest BCUT2D eigenvalue weighted by Gasteiger charge is -2.06. The SMILES string of the molecule is CC1C=C2CC=CC=C2O1. The van der Waals surface area contributed by atoms with Crippen molar-refractivity contribution in [1.82, 2.24) is 0 Å². The van der Waals surface area contributed by atoms with E-state index >= 15 is 0 Å². The van der Waals surface area contributed by atoms with Crippen molar-refractivity contribution < 1.29 is 4.74 Å². The second-order valence-electron chi connectivity index (χ2n) is 2.68. The second-order valence-corrected chi connectivity index (χ2v) is 2.68. The Kier molecular flexibility index (Phi) is 1.16. The largest absolute Gasteiger partial charge is 0.486 e. The zero-order valence-electron chi connectivity index (χ0n) is 6.00. The van der Waals surface area contributed by atoms with Crippen molar-refractivity contribution in [2.45, 2.75) is 19.4 Å². The van der Waals surface area contributed by atoms with Gasteiger partial charge in [0.15, 0.2) is 0 Å². The number of ether oxygens (including phenoxy) is 1. The molecule has 10 heavy (non-hydrogen) atoms. The van der Waals surface area contributed by atoms with Gasteiger partial charge in [-0.3, -0.25) is 0 Å². The monoisotopic (exact) mass is 134 g/mol. The third-order valence-electron chi connectivity index (χ3n) is 1.79. The Morgan fingerprint density at radius 3 is 3.30 bits per heavy atom. The van der Waals surface area contributed by atoms with Crippen LogP contribution in [0.2, 0.25) is 0 Å². The van der Waals surface area contributed by atoms with Crippen molar-refractivity contribution in [2.24, 2.45) is 0 Å². The average Bonchev–Trinajstić information content (AvgIpc) is 2.27. The molecule has 2 rings (SSSR count). The van der Waals surface area contributed by atoms with Crippen molar-refractivity contribution >= 4 is 0 Å². The molecule has 1 atom stereocenters. The summed E-state index contributed by atoms with van der Waals surface area (Å²) in [7, 11) is 0. The van der Waals surface area contributed by atoms with Crippen molar-refractivity contribution in [3.05, 3.63) is 35.6 Å². The zero-order valence-corrected chi connectivity index (χ0v) is 6.00. The van der Waals surface area contributed by atoms with E-state index in [4.69, 9.17) is 4.74 Å². The van der Waals surface area contributed by atoms with Crippen LogP contribution in [-0.4, -0.2) is 6.10 Å². The van der Waals surface area contributed by atoms with Crippen LogP contribution >= 0.6 is 0 Å². The van der Waals surface area contributed by atoms with Gasteiger partial charge in [-0.15, -0.1) is 0 Å². The molecule has 0 amide bonds. The molecule has 0 fully saturated rings. The average molecular weight is 134 g/mol. The predicted molar refractivity (Wildman–Crippen MR) is 40.5 cm³/mol. The minimum absolute atomic E-state index is 0.279. The van der Waals surface area contributed by atoms with Gasteiger partial charge in [0.1, 0.15) is 11.9 Å². The molecular weight excluding hydrogens is 124 g/mol. The highest BCUT2D eigenvalue weighted by Crippen LogP contribution is 2.28. The standard InChI is InChI=1S/C9H10O/c1-7-6-8-4-2-3-5-9(8)10-7/h2-3,5-7H,4H2,1H3. The number of fused-ring (bicyclic) bond motifs is 1. The maximum atomic E-state index is 5.48. The van der Waals surface area contributed by atoms with E-state index < -0.39 is 0 Å². The van der Waals surface area contributed by atoms with E-state index in [2.05, 4.69) is 19.1 Å². The molecule has 1 nitrogen and oxygen atoms in total. The van der Waals surface area contributed by atoms with E-state index in [1.54, 1.807) is 0 Å². The maximum absolute atomic E-state index is 5.48. The van der Waals surface area contributed by atoms with Crippen molar-refractivity contribution in [2.75, 3.05) is 0 Å². The minimum Gasteiger partial charge on any atom is -0.486 e. The molecular formula is C9H10O. The van der Waals surface area contributed by atoms with Crippen LogP contribution in [0.3, 0.4) is 0 Å². The van der Waals surface area contributed by atoms with Gasteiger partial charge >= 0.3 is 0 Å². The Hall–Kier alpha value is -0.980. The minimum atomic E-state index is 0.279. The molecule has 1 aliphatic carbocycles. The van der Waals surface area contributed by atoms with Gasteiger partial charge in [-0.2, -0.15) is 0 Å². The molecule has 52 valence electrons. The Bertz CT molecular complexity index is 233. The van der Waals surface area contributed by atoms with E-state index in [0.717, 1.165) is 12.2 Å². The fraction of sp³-hybridized carbons (Fsp3) is 0.333. The molecule has 0 bridgehead atoms. The number of hydrogen-bond acceptors (Lipinski definition) is 1. The van der Waals surface area contributed by atoms with E-state index in [1.807, 2.05) is 12.2 Å². The molecule has 1 heterocycles. The van der Waals surface area contributed by atoms with Gasteiger partial charge in [0, 0.05) is 0 Å². The van der Waals surface area contributed by atoms with Gasteiger partial charge < -0.3 is 4.74 Å². The lowest BCUT2D eigenvalue weighted by atomic mass is 10.1. The molecule has 1 aliphatic heterocycles. The first kappa shape index (κ1) is 5.78. The summed E-state index contributed by atoms with van der Waals surface area (Å²) < 4.78 is 5.48. The lowest BCUT2D eigenvalue weighted by Crippen LogP contribution is -1.95. The highest BCUT2D eigenvalue weighted by atomic mass is 16.5. The molecule has 1 heteroatoms. The zero-order chi connectivity index (χ0) is 6.97. The van der Waals surface area contributed by atoms with Gasteiger partial charge in [0.25, 0.3) is 0 Å². The second kappa shape index (κ2) is 2.01. The molecule has 0 aromatic carbocycles. The third kappa shape index (κ3) is 0.783. The molecule has 0 aromatic heterocycles. The summed E-state index contributed by atoms with van der Waals surface area (Å²) in [6.45, 7) is 2.06. The van der Waals surface area contributed by atoms with Crippen LogP contribution in [0.15, 0.2) is 35.6 Å². The summed E-state index contributed by atoms with van der Waals surface area (Å²) >= 11 is 0.